The Morgan fingerprint density at radius 3 is 2.88 bits per heavy atom. The van der Waals surface area contributed by atoms with Crippen molar-refractivity contribution in [1.29, 1.82) is 0 Å². The van der Waals surface area contributed by atoms with E-state index in [2.05, 4.69) is 4.74 Å². The summed E-state index contributed by atoms with van der Waals surface area (Å²) in [5.74, 6) is -0.521. The molecule has 0 aliphatic carbocycles. The summed E-state index contributed by atoms with van der Waals surface area (Å²) in [6.07, 6.45) is 0. The number of rotatable bonds is 3. The maximum Gasteiger partial charge on any atom is 0.269 e. The molecule has 48 valence electrons. The van der Waals surface area contributed by atoms with Crippen molar-refractivity contribution in [3.63, 3.8) is 0 Å². The molecule has 0 atom stereocenters. The van der Waals surface area contributed by atoms with Crippen LogP contribution in [0.25, 0.3) is 0 Å². The van der Waals surface area contributed by atoms with Gasteiger partial charge in [-0.1, -0.05) is 0 Å². The molecule has 1 amide bonds. The molecule has 0 fully saturated rings. The molecular weight excluding hydrogens is 110 g/mol. The zero-order valence-corrected chi connectivity index (χ0v) is 4.68. The molecule has 0 saturated carbocycles. The molecule has 8 heavy (non-hydrogen) atoms. The zero-order valence-electron chi connectivity index (χ0n) is 4.68. The van der Waals surface area contributed by atoms with E-state index in [-0.39, 0.29) is 6.61 Å². The van der Waals surface area contributed by atoms with Crippen LogP contribution in [0, 0.1) is 0 Å². The minimum atomic E-state index is -0.521. The minimum absolute atomic E-state index is 0.0764. The lowest BCUT2D eigenvalue weighted by atomic mass is 10.7. The number of nitrogens with one attached hydrogen (secondary N) is 1. The third-order valence-corrected chi connectivity index (χ3v) is 0.562. The summed E-state index contributed by atoms with van der Waals surface area (Å²) in [6.45, 7) is 2.17. The van der Waals surface area contributed by atoms with Crippen LogP contribution in [0.2, 0.25) is 0 Å². The number of hydrogen-bond donors (Lipinski definition) is 2. The molecule has 4 heteroatoms. The van der Waals surface area contributed by atoms with Gasteiger partial charge >= 0.3 is 0 Å². The second kappa shape index (κ2) is 4.55. The summed E-state index contributed by atoms with van der Waals surface area (Å²) in [6, 6.07) is 0. The highest BCUT2D eigenvalue weighted by Gasteiger charge is 1.94. The summed E-state index contributed by atoms with van der Waals surface area (Å²) >= 11 is 0. The second-order valence-corrected chi connectivity index (χ2v) is 1.17. The number of carbonyl (C=O) groups excluding carboxylic acids is 1. The fraction of sp³-hybridized carbons (Fsp3) is 0.750. The smallest absolute Gasteiger partial charge is 0.269 e. The van der Waals surface area contributed by atoms with Gasteiger partial charge in [-0.25, -0.2) is 5.48 Å². The highest BCUT2D eigenvalue weighted by Crippen LogP contribution is 1.70. The summed E-state index contributed by atoms with van der Waals surface area (Å²) in [5, 5.41) is 7.88. The van der Waals surface area contributed by atoms with Crippen LogP contribution in [0.15, 0.2) is 0 Å². The highest BCUT2D eigenvalue weighted by molar-refractivity contribution is 5.75. The van der Waals surface area contributed by atoms with E-state index in [0.29, 0.717) is 6.61 Å². The van der Waals surface area contributed by atoms with Crippen molar-refractivity contribution >= 4 is 5.91 Å². The van der Waals surface area contributed by atoms with E-state index in [0.717, 1.165) is 0 Å². The Morgan fingerprint density at radius 1 is 1.88 bits per heavy atom. The predicted molar refractivity (Wildman–Crippen MR) is 26.4 cm³/mol. The lowest BCUT2D eigenvalue weighted by Crippen LogP contribution is -2.23. The van der Waals surface area contributed by atoms with Crippen molar-refractivity contribution in [2.24, 2.45) is 0 Å². The van der Waals surface area contributed by atoms with Crippen LogP contribution in [0.1, 0.15) is 6.92 Å². The van der Waals surface area contributed by atoms with Crippen LogP contribution in [-0.4, -0.2) is 24.3 Å². The molecule has 0 bridgehead atoms. The highest BCUT2D eigenvalue weighted by atomic mass is 16.5. The fourth-order valence-electron chi connectivity index (χ4n) is 0.227. The first kappa shape index (κ1) is 7.39. The van der Waals surface area contributed by atoms with E-state index >= 15 is 0 Å². The lowest BCUT2D eigenvalue weighted by molar-refractivity contribution is -0.133. The topological polar surface area (TPSA) is 58.6 Å². The predicted octanol–water partition coefficient (Wildman–Crippen LogP) is -0.472. The van der Waals surface area contributed by atoms with Crippen molar-refractivity contribution in [3.8, 4) is 0 Å². The summed E-state index contributed by atoms with van der Waals surface area (Å²) < 4.78 is 4.61. The molecule has 0 rings (SSSR count). The van der Waals surface area contributed by atoms with E-state index in [9.17, 15) is 4.79 Å². The first-order chi connectivity index (χ1) is 3.81. The maximum absolute atomic E-state index is 10.1. The Kier molecular flexibility index (Phi) is 4.20. The van der Waals surface area contributed by atoms with Crippen LogP contribution in [0.3, 0.4) is 0 Å². The minimum Gasteiger partial charge on any atom is -0.372 e. The van der Waals surface area contributed by atoms with Gasteiger partial charge in [-0.05, 0) is 6.92 Å². The molecule has 0 unspecified atom stereocenters. The van der Waals surface area contributed by atoms with Crippen molar-refractivity contribution in [2.75, 3.05) is 13.2 Å². The fourth-order valence-corrected chi connectivity index (χ4v) is 0.227. The van der Waals surface area contributed by atoms with Gasteiger partial charge in [0.1, 0.15) is 6.61 Å². The van der Waals surface area contributed by atoms with Gasteiger partial charge in [-0.2, -0.15) is 0 Å². The normalized spacial score (nSPS) is 8.75. The Labute approximate surface area is 47.4 Å². The van der Waals surface area contributed by atoms with Crippen LogP contribution in [0.5, 0.6) is 0 Å². The van der Waals surface area contributed by atoms with Gasteiger partial charge in [0.25, 0.3) is 5.91 Å². The third-order valence-electron chi connectivity index (χ3n) is 0.562. The number of hydroxylamine groups is 1. The van der Waals surface area contributed by atoms with E-state index < -0.39 is 5.91 Å². The summed E-state index contributed by atoms with van der Waals surface area (Å²) in [4.78, 5) is 10.1. The molecule has 0 aliphatic heterocycles. The first-order valence-electron chi connectivity index (χ1n) is 2.32. The van der Waals surface area contributed by atoms with E-state index in [1.54, 1.807) is 6.92 Å². The van der Waals surface area contributed by atoms with Crippen molar-refractivity contribution in [3.05, 3.63) is 0 Å². The van der Waals surface area contributed by atoms with Gasteiger partial charge in [0, 0.05) is 6.61 Å². The molecule has 0 radical (unpaired) electrons. The third kappa shape index (κ3) is 3.58. The number of amides is 1. The van der Waals surface area contributed by atoms with Crippen LogP contribution in [-0.2, 0) is 9.53 Å². The van der Waals surface area contributed by atoms with E-state index in [1.807, 2.05) is 0 Å². The molecule has 0 saturated heterocycles. The molecule has 0 aliphatic rings. The number of hydrogen-bond acceptors (Lipinski definition) is 3. The van der Waals surface area contributed by atoms with Crippen molar-refractivity contribution < 1.29 is 14.7 Å². The molecule has 4 nitrogen and oxygen atoms in total. The second-order valence-electron chi connectivity index (χ2n) is 1.17. The Hall–Kier alpha value is -0.610. The standard InChI is InChI=1S/C4H9NO3/c1-2-8-3-4(6)5-7/h7H,2-3H2,1H3,(H,5,6). The molecular formula is C4H9NO3. The van der Waals surface area contributed by atoms with E-state index in [4.69, 9.17) is 5.21 Å². The van der Waals surface area contributed by atoms with Crippen LogP contribution < -0.4 is 5.48 Å². The Balaban J connectivity index is 2.99. The summed E-state index contributed by atoms with van der Waals surface area (Å²) in [7, 11) is 0. The Morgan fingerprint density at radius 2 is 2.50 bits per heavy atom. The average Bonchev–Trinajstić information content (AvgIpc) is 1.83. The van der Waals surface area contributed by atoms with Gasteiger partial charge < -0.3 is 4.74 Å². The van der Waals surface area contributed by atoms with Gasteiger partial charge in [-0.15, -0.1) is 0 Å². The average molecular weight is 119 g/mol. The SMILES string of the molecule is CCOCC(=O)NO. The zero-order chi connectivity index (χ0) is 6.41. The molecule has 0 heterocycles. The molecule has 0 spiro atoms. The maximum atomic E-state index is 10.1. The number of ether oxygens (including phenoxy) is 1. The molecule has 0 aromatic heterocycles. The van der Waals surface area contributed by atoms with Gasteiger partial charge in [0.05, 0.1) is 0 Å². The van der Waals surface area contributed by atoms with Gasteiger partial charge in [0.2, 0.25) is 0 Å². The quantitative estimate of drug-likeness (QED) is 0.390. The summed E-state index contributed by atoms with van der Waals surface area (Å²) in [5.41, 5.74) is 1.44. The van der Waals surface area contributed by atoms with Gasteiger partial charge in [0.15, 0.2) is 0 Å². The lowest BCUT2D eigenvalue weighted by Gasteiger charge is -1.95. The van der Waals surface area contributed by atoms with Crippen LogP contribution in [0.4, 0.5) is 0 Å². The van der Waals surface area contributed by atoms with Crippen LogP contribution >= 0.6 is 0 Å². The van der Waals surface area contributed by atoms with E-state index in [1.165, 1.54) is 5.48 Å². The largest absolute Gasteiger partial charge is 0.372 e. The molecule has 0 aromatic carbocycles. The number of carbonyl (C=O) groups is 1. The molecule has 2 N–H and O–H groups in total. The monoisotopic (exact) mass is 119 g/mol. The first-order valence-corrected chi connectivity index (χ1v) is 2.32. The van der Waals surface area contributed by atoms with Gasteiger partial charge in [-0.3, -0.25) is 10.0 Å². The van der Waals surface area contributed by atoms with Crippen molar-refractivity contribution in [2.45, 2.75) is 6.92 Å². The Bertz CT molecular complexity index is 73.7. The van der Waals surface area contributed by atoms with Crippen molar-refractivity contribution in [1.82, 2.24) is 5.48 Å². The molecule has 0 aromatic rings.